The molecule has 0 spiro atoms. The minimum Gasteiger partial charge on any atom is -0.452 e. The Balaban J connectivity index is 1.60. The van der Waals surface area contributed by atoms with Gasteiger partial charge in [0.2, 0.25) is 0 Å². The SMILES string of the molecule is O=C(COC(=O)c1cc(Cl)ccc1Cl)Nc1ccnn1Cc1ccccc1Cl. The van der Waals surface area contributed by atoms with Gasteiger partial charge in [-0.25, -0.2) is 9.48 Å². The number of esters is 1. The summed E-state index contributed by atoms with van der Waals surface area (Å²) < 4.78 is 6.59. The van der Waals surface area contributed by atoms with Crippen LogP contribution in [0.5, 0.6) is 0 Å². The van der Waals surface area contributed by atoms with Gasteiger partial charge >= 0.3 is 5.97 Å². The van der Waals surface area contributed by atoms with Crippen molar-refractivity contribution in [2.45, 2.75) is 6.54 Å². The number of rotatable bonds is 6. The van der Waals surface area contributed by atoms with E-state index in [9.17, 15) is 9.59 Å². The average molecular weight is 439 g/mol. The van der Waals surface area contributed by atoms with E-state index < -0.39 is 18.5 Å². The van der Waals surface area contributed by atoms with E-state index in [0.717, 1.165) is 5.56 Å². The van der Waals surface area contributed by atoms with Crippen molar-refractivity contribution in [3.63, 3.8) is 0 Å². The second-order valence-corrected chi connectivity index (χ2v) is 6.96. The van der Waals surface area contributed by atoms with Crippen molar-refractivity contribution in [2.24, 2.45) is 0 Å². The first kappa shape index (κ1) is 20.2. The standard InChI is InChI=1S/C19H14Cl3N3O3/c20-13-5-6-16(22)14(9-13)19(27)28-11-18(26)24-17-7-8-23-25(17)10-12-3-1-2-4-15(12)21/h1-9H,10-11H2,(H,24,26). The second-order valence-electron chi connectivity index (χ2n) is 5.71. The lowest BCUT2D eigenvalue weighted by Crippen LogP contribution is -2.23. The number of anilines is 1. The van der Waals surface area contributed by atoms with Crippen molar-refractivity contribution in [3.8, 4) is 0 Å². The molecule has 2 aromatic carbocycles. The summed E-state index contributed by atoms with van der Waals surface area (Å²) in [6.45, 7) is -0.112. The largest absolute Gasteiger partial charge is 0.452 e. The molecule has 0 unspecified atom stereocenters. The maximum absolute atomic E-state index is 12.2. The Hall–Kier alpha value is -2.54. The molecule has 1 N–H and O–H groups in total. The molecule has 0 aliphatic carbocycles. The first-order valence-electron chi connectivity index (χ1n) is 8.11. The number of amides is 1. The lowest BCUT2D eigenvalue weighted by Gasteiger charge is -2.11. The third kappa shape index (κ3) is 5.04. The summed E-state index contributed by atoms with van der Waals surface area (Å²) in [4.78, 5) is 24.2. The summed E-state index contributed by atoms with van der Waals surface area (Å²) in [6, 6.07) is 13.4. The number of ether oxygens (including phenoxy) is 1. The van der Waals surface area contributed by atoms with E-state index in [2.05, 4.69) is 10.4 Å². The van der Waals surface area contributed by atoms with Crippen LogP contribution >= 0.6 is 34.8 Å². The highest BCUT2D eigenvalue weighted by Gasteiger charge is 2.15. The van der Waals surface area contributed by atoms with Gasteiger partial charge in [-0.3, -0.25) is 4.79 Å². The quantitative estimate of drug-likeness (QED) is 0.567. The van der Waals surface area contributed by atoms with Crippen LogP contribution in [0.25, 0.3) is 0 Å². The number of carbonyl (C=O) groups excluding carboxylic acids is 2. The first-order chi connectivity index (χ1) is 13.4. The summed E-state index contributed by atoms with van der Waals surface area (Å²) in [6.07, 6.45) is 1.55. The molecule has 3 rings (SSSR count). The topological polar surface area (TPSA) is 73.2 Å². The number of aromatic nitrogens is 2. The Morgan fingerprint density at radius 1 is 1.04 bits per heavy atom. The fourth-order valence-corrected chi connectivity index (χ4v) is 2.96. The summed E-state index contributed by atoms with van der Waals surface area (Å²) in [5.41, 5.74) is 0.941. The average Bonchev–Trinajstić information content (AvgIpc) is 3.10. The van der Waals surface area contributed by atoms with Crippen molar-refractivity contribution >= 4 is 52.5 Å². The van der Waals surface area contributed by atoms with Crippen LogP contribution in [0.15, 0.2) is 54.7 Å². The van der Waals surface area contributed by atoms with Gasteiger partial charge in [0.05, 0.1) is 23.3 Å². The van der Waals surface area contributed by atoms with E-state index in [-0.39, 0.29) is 10.6 Å². The Labute approximate surface area is 176 Å². The molecule has 144 valence electrons. The van der Waals surface area contributed by atoms with Gasteiger partial charge in [-0.2, -0.15) is 5.10 Å². The highest BCUT2D eigenvalue weighted by Crippen LogP contribution is 2.21. The number of hydrogen-bond donors (Lipinski definition) is 1. The molecule has 0 fully saturated rings. The monoisotopic (exact) mass is 437 g/mol. The molecule has 28 heavy (non-hydrogen) atoms. The Kier molecular flexibility index (Phi) is 6.57. The lowest BCUT2D eigenvalue weighted by atomic mass is 10.2. The predicted molar refractivity (Wildman–Crippen MR) is 108 cm³/mol. The molecule has 0 saturated carbocycles. The highest BCUT2D eigenvalue weighted by molar-refractivity contribution is 6.35. The fourth-order valence-electron chi connectivity index (χ4n) is 2.39. The van der Waals surface area contributed by atoms with Crippen molar-refractivity contribution in [1.82, 2.24) is 9.78 Å². The van der Waals surface area contributed by atoms with Gasteiger partial charge in [0.25, 0.3) is 5.91 Å². The van der Waals surface area contributed by atoms with E-state index in [1.54, 1.807) is 29.1 Å². The number of nitrogens with one attached hydrogen (secondary N) is 1. The normalized spacial score (nSPS) is 10.5. The number of halogens is 3. The van der Waals surface area contributed by atoms with Gasteiger partial charge in [0.1, 0.15) is 5.82 Å². The number of nitrogens with zero attached hydrogens (tertiary/aromatic N) is 2. The number of benzene rings is 2. The van der Waals surface area contributed by atoms with Crippen LogP contribution < -0.4 is 5.32 Å². The molecule has 1 heterocycles. The predicted octanol–water partition coefficient (Wildman–Crippen LogP) is 4.69. The molecule has 9 heteroatoms. The van der Waals surface area contributed by atoms with E-state index >= 15 is 0 Å². The van der Waals surface area contributed by atoms with Crippen molar-refractivity contribution in [1.29, 1.82) is 0 Å². The van der Waals surface area contributed by atoms with Gasteiger partial charge < -0.3 is 10.1 Å². The Bertz CT molecular complexity index is 1020. The van der Waals surface area contributed by atoms with Crippen LogP contribution in [0.4, 0.5) is 5.82 Å². The molecular formula is C19H14Cl3N3O3. The third-order valence-corrected chi connectivity index (χ3v) is 4.68. The van der Waals surface area contributed by atoms with E-state index in [0.29, 0.717) is 22.4 Å². The highest BCUT2D eigenvalue weighted by atomic mass is 35.5. The lowest BCUT2D eigenvalue weighted by molar-refractivity contribution is -0.119. The molecular weight excluding hydrogens is 425 g/mol. The van der Waals surface area contributed by atoms with Gasteiger partial charge in [0.15, 0.2) is 6.61 Å². The molecule has 3 aromatic rings. The molecule has 1 aromatic heterocycles. The van der Waals surface area contributed by atoms with Gasteiger partial charge in [-0.15, -0.1) is 0 Å². The molecule has 0 bridgehead atoms. The third-order valence-electron chi connectivity index (χ3n) is 3.74. The van der Waals surface area contributed by atoms with Crippen LogP contribution in [0, 0.1) is 0 Å². The van der Waals surface area contributed by atoms with Gasteiger partial charge in [0, 0.05) is 16.1 Å². The Morgan fingerprint density at radius 3 is 2.61 bits per heavy atom. The van der Waals surface area contributed by atoms with Crippen molar-refractivity contribution in [3.05, 3.63) is 80.9 Å². The molecule has 0 saturated heterocycles. The summed E-state index contributed by atoms with van der Waals surface area (Å²) in [5.74, 6) is -0.818. The maximum Gasteiger partial charge on any atom is 0.340 e. The summed E-state index contributed by atoms with van der Waals surface area (Å²) in [5, 5.41) is 7.94. The second kappa shape index (κ2) is 9.10. The molecule has 0 aliphatic heterocycles. The zero-order valence-corrected chi connectivity index (χ0v) is 16.6. The molecule has 0 radical (unpaired) electrons. The molecule has 0 atom stereocenters. The Morgan fingerprint density at radius 2 is 1.82 bits per heavy atom. The zero-order valence-electron chi connectivity index (χ0n) is 14.4. The van der Waals surface area contributed by atoms with Crippen molar-refractivity contribution < 1.29 is 14.3 Å². The zero-order chi connectivity index (χ0) is 20.1. The van der Waals surface area contributed by atoms with Crippen LogP contribution in [0.1, 0.15) is 15.9 Å². The van der Waals surface area contributed by atoms with E-state index in [4.69, 9.17) is 39.5 Å². The van der Waals surface area contributed by atoms with Crippen LogP contribution in [-0.2, 0) is 16.1 Å². The van der Waals surface area contributed by atoms with E-state index in [1.807, 2.05) is 18.2 Å². The van der Waals surface area contributed by atoms with E-state index in [1.165, 1.54) is 12.1 Å². The van der Waals surface area contributed by atoms with Crippen LogP contribution in [-0.4, -0.2) is 28.3 Å². The number of hydrogen-bond acceptors (Lipinski definition) is 4. The molecule has 1 amide bonds. The minimum absolute atomic E-state index is 0.0886. The smallest absolute Gasteiger partial charge is 0.340 e. The summed E-state index contributed by atoms with van der Waals surface area (Å²) >= 11 is 18.0. The van der Waals surface area contributed by atoms with Gasteiger partial charge in [-0.1, -0.05) is 53.0 Å². The molecule has 0 aliphatic rings. The molecule has 6 nitrogen and oxygen atoms in total. The summed E-state index contributed by atoms with van der Waals surface area (Å²) in [7, 11) is 0. The maximum atomic E-state index is 12.2. The minimum atomic E-state index is -0.743. The van der Waals surface area contributed by atoms with Crippen molar-refractivity contribution in [2.75, 3.05) is 11.9 Å². The first-order valence-corrected chi connectivity index (χ1v) is 9.24. The fraction of sp³-hybridized carbons (Fsp3) is 0.105. The van der Waals surface area contributed by atoms with Crippen LogP contribution in [0.2, 0.25) is 15.1 Å². The van der Waals surface area contributed by atoms with Crippen LogP contribution in [0.3, 0.4) is 0 Å². The number of carbonyl (C=O) groups is 2. The van der Waals surface area contributed by atoms with Gasteiger partial charge in [-0.05, 0) is 29.8 Å².